The number of hydrogen-bond acceptors (Lipinski definition) is 2. The Morgan fingerprint density at radius 3 is 1.80 bits per heavy atom. The van der Waals surface area contributed by atoms with E-state index in [0.717, 1.165) is 5.69 Å². The van der Waals surface area contributed by atoms with Crippen molar-refractivity contribution in [2.45, 2.75) is 0 Å². The number of anilines is 3. The molecular weight excluding hydrogens is 551 g/mol. The topological polar surface area (TPSA) is 3.24 Å². The second kappa shape index (κ2) is 10.1. The highest BCUT2D eigenvalue weighted by Crippen LogP contribution is 2.44. The lowest BCUT2D eigenvalue weighted by Crippen LogP contribution is -2.11. The van der Waals surface area contributed by atoms with Crippen LogP contribution in [0.3, 0.4) is 0 Å². The van der Waals surface area contributed by atoms with Gasteiger partial charge in [0.05, 0.1) is 11.4 Å². The van der Waals surface area contributed by atoms with E-state index in [-0.39, 0.29) is 0 Å². The maximum absolute atomic E-state index is 2.44. The normalized spacial score (nSPS) is 11.6. The molecule has 0 aliphatic heterocycles. The van der Waals surface area contributed by atoms with Gasteiger partial charge in [0, 0.05) is 36.6 Å². The van der Waals surface area contributed by atoms with Gasteiger partial charge in [0.2, 0.25) is 0 Å². The molecule has 1 aromatic heterocycles. The van der Waals surface area contributed by atoms with Gasteiger partial charge in [0.1, 0.15) is 0 Å². The molecule has 9 aromatic rings. The van der Waals surface area contributed by atoms with E-state index in [1.54, 1.807) is 0 Å². The average Bonchev–Trinajstić information content (AvgIpc) is 3.47. The first-order valence-electron chi connectivity index (χ1n) is 15.0. The van der Waals surface area contributed by atoms with E-state index in [9.17, 15) is 0 Å². The number of thiophene rings is 1. The van der Waals surface area contributed by atoms with Crippen molar-refractivity contribution in [2.24, 2.45) is 0 Å². The predicted molar refractivity (Wildman–Crippen MR) is 192 cm³/mol. The zero-order valence-electron chi connectivity index (χ0n) is 23.9. The highest BCUT2D eigenvalue weighted by Gasteiger charge is 2.19. The molecule has 1 heterocycles. The second-order valence-corrected chi connectivity index (χ2v) is 12.4. The standard InChI is InChI=1S/C42H27NS/c1-3-13-34-29(9-1)11-7-16-38(34)43(39-17-8-12-31-20-19-30-10-2-4-14-35(30)42(31)39)33-24-21-28(22-25-33)32-23-26-41-37(27-32)36-15-5-6-18-40(36)44-41/h1-27H. The average molecular weight is 578 g/mol. The maximum Gasteiger partial charge on any atom is 0.0546 e. The first kappa shape index (κ1) is 25.1. The number of benzene rings is 8. The first-order valence-corrected chi connectivity index (χ1v) is 15.8. The molecule has 2 heteroatoms. The van der Waals surface area contributed by atoms with Crippen LogP contribution in [0.25, 0.3) is 63.6 Å². The van der Waals surface area contributed by atoms with Crippen LogP contribution in [0, 0.1) is 0 Å². The number of fused-ring (bicyclic) bond motifs is 7. The van der Waals surface area contributed by atoms with Gasteiger partial charge in [-0.3, -0.25) is 0 Å². The van der Waals surface area contributed by atoms with Crippen LogP contribution >= 0.6 is 11.3 Å². The van der Waals surface area contributed by atoms with Crippen LogP contribution in [0.15, 0.2) is 164 Å². The fourth-order valence-corrected chi connectivity index (χ4v) is 7.83. The van der Waals surface area contributed by atoms with E-state index in [2.05, 4.69) is 169 Å². The van der Waals surface area contributed by atoms with Crippen LogP contribution in [-0.2, 0) is 0 Å². The van der Waals surface area contributed by atoms with Gasteiger partial charge in [-0.1, -0.05) is 121 Å². The van der Waals surface area contributed by atoms with Gasteiger partial charge < -0.3 is 4.90 Å². The van der Waals surface area contributed by atoms with Crippen LogP contribution in [0.1, 0.15) is 0 Å². The Labute approximate surface area is 259 Å². The molecule has 0 bridgehead atoms. The van der Waals surface area contributed by atoms with Gasteiger partial charge >= 0.3 is 0 Å². The van der Waals surface area contributed by atoms with Crippen molar-refractivity contribution >= 4 is 80.9 Å². The molecule has 9 rings (SSSR count). The predicted octanol–water partition coefficient (Wildman–Crippen LogP) is 12.7. The SMILES string of the molecule is c1ccc2c(N(c3ccc(-c4ccc5sc6ccccc6c5c4)cc3)c3cccc4ccc5ccccc5c34)cccc2c1. The summed E-state index contributed by atoms with van der Waals surface area (Å²) in [6.07, 6.45) is 0. The van der Waals surface area contributed by atoms with Gasteiger partial charge in [0.25, 0.3) is 0 Å². The van der Waals surface area contributed by atoms with Gasteiger partial charge in [-0.15, -0.1) is 11.3 Å². The van der Waals surface area contributed by atoms with Crippen molar-refractivity contribution in [1.29, 1.82) is 0 Å². The Kier molecular flexibility index (Phi) is 5.75. The van der Waals surface area contributed by atoms with E-state index in [1.165, 1.54) is 75.0 Å². The largest absolute Gasteiger partial charge is 0.309 e. The van der Waals surface area contributed by atoms with Crippen LogP contribution in [0.4, 0.5) is 17.1 Å². The third kappa shape index (κ3) is 4.00. The van der Waals surface area contributed by atoms with Crippen molar-refractivity contribution in [2.75, 3.05) is 4.90 Å². The summed E-state index contributed by atoms with van der Waals surface area (Å²) in [5.41, 5.74) is 5.93. The zero-order valence-corrected chi connectivity index (χ0v) is 24.8. The molecule has 0 radical (unpaired) electrons. The van der Waals surface area contributed by atoms with Gasteiger partial charge in [-0.2, -0.15) is 0 Å². The van der Waals surface area contributed by atoms with Crippen molar-refractivity contribution in [3.63, 3.8) is 0 Å². The van der Waals surface area contributed by atoms with Gasteiger partial charge in [-0.25, -0.2) is 0 Å². The lowest BCUT2D eigenvalue weighted by molar-refractivity contribution is 1.31. The summed E-state index contributed by atoms with van der Waals surface area (Å²) in [4.78, 5) is 2.44. The minimum absolute atomic E-state index is 1.13. The van der Waals surface area contributed by atoms with Crippen molar-refractivity contribution < 1.29 is 0 Å². The molecule has 0 fully saturated rings. The third-order valence-electron chi connectivity index (χ3n) is 8.83. The number of hydrogen-bond donors (Lipinski definition) is 0. The summed E-state index contributed by atoms with van der Waals surface area (Å²) in [5, 5.41) is 10.1. The Bertz CT molecular complexity index is 2500. The Balaban J connectivity index is 1.25. The van der Waals surface area contributed by atoms with Crippen LogP contribution in [0.2, 0.25) is 0 Å². The minimum Gasteiger partial charge on any atom is -0.309 e. The van der Waals surface area contributed by atoms with Crippen LogP contribution < -0.4 is 4.90 Å². The summed E-state index contributed by atoms with van der Waals surface area (Å²) in [6, 6.07) is 59.8. The fraction of sp³-hybridized carbons (Fsp3) is 0. The van der Waals surface area contributed by atoms with Crippen molar-refractivity contribution in [3.05, 3.63) is 164 Å². The summed E-state index contributed by atoms with van der Waals surface area (Å²) < 4.78 is 2.67. The smallest absolute Gasteiger partial charge is 0.0546 e. The number of rotatable bonds is 4. The molecule has 0 spiro atoms. The molecular formula is C42H27NS. The van der Waals surface area contributed by atoms with Gasteiger partial charge in [-0.05, 0) is 75.1 Å². The molecule has 206 valence electrons. The highest BCUT2D eigenvalue weighted by atomic mass is 32.1. The van der Waals surface area contributed by atoms with Crippen LogP contribution in [-0.4, -0.2) is 0 Å². The summed E-state index contributed by atoms with van der Waals surface area (Å²) in [6.45, 7) is 0. The zero-order chi connectivity index (χ0) is 29.0. The molecule has 0 N–H and O–H groups in total. The third-order valence-corrected chi connectivity index (χ3v) is 9.98. The molecule has 0 saturated carbocycles. The Hall–Kier alpha value is -5.44. The van der Waals surface area contributed by atoms with Crippen molar-refractivity contribution in [1.82, 2.24) is 0 Å². The lowest BCUT2D eigenvalue weighted by Gasteiger charge is -2.28. The summed E-state index contributed by atoms with van der Waals surface area (Å²) in [5.74, 6) is 0. The molecule has 0 aliphatic rings. The molecule has 0 aliphatic carbocycles. The molecule has 0 amide bonds. The fourth-order valence-electron chi connectivity index (χ4n) is 6.75. The van der Waals surface area contributed by atoms with Crippen molar-refractivity contribution in [3.8, 4) is 11.1 Å². The Morgan fingerprint density at radius 2 is 0.955 bits per heavy atom. The molecule has 0 atom stereocenters. The summed E-state index contributed by atoms with van der Waals surface area (Å²) >= 11 is 1.86. The second-order valence-electron chi connectivity index (χ2n) is 11.4. The molecule has 0 unspecified atom stereocenters. The maximum atomic E-state index is 2.44. The molecule has 44 heavy (non-hydrogen) atoms. The number of nitrogens with zero attached hydrogens (tertiary/aromatic N) is 1. The molecule has 0 saturated heterocycles. The van der Waals surface area contributed by atoms with Crippen LogP contribution in [0.5, 0.6) is 0 Å². The van der Waals surface area contributed by atoms with Gasteiger partial charge in [0.15, 0.2) is 0 Å². The molecule has 8 aromatic carbocycles. The van der Waals surface area contributed by atoms with E-state index in [0.29, 0.717) is 0 Å². The first-order chi connectivity index (χ1) is 21.8. The van der Waals surface area contributed by atoms with E-state index >= 15 is 0 Å². The Morgan fingerprint density at radius 1 is 0.364 bits per heavy atom. The molecule has 1 nitrogen and oxygen atoms in total. The van der Waals surface area contributed by atoms with E-state index in [1.807, 2.05) is 11.3 Å². The van der Waals surface area contributed by atoms with E-state index < -0.39 is 0 Å². The summed E-state index contributed by atoms with van der Waals surface area (Å²) in [7, 11) is 0. The van der Waals surface area contributed by atoms with E-state index in [4.69, 9.17) is 0 Å². The quantitative estimate of drug-likeness (QED) is 0.188. The minimum atomic E-state index is 1.13. The monoisotopic (exact) mass is 577 g/mol. The highest BCUT2D eigenvalue weighted by molar-refractivity contribution is 7.25. The lowest BCUT2D eigenvalue weighted by atomic mass is 9.98.